The Morgan fingerprint density at radius 2 is 1.91 bits per heavy atom. The van der Waals surface area contributed by atoms with Gasteiger partial charge in [-0.1, -0.05) is 12.8 Å². The molecule has 0 radical (unpaired) electrons. The molecule has 0 saturated heterocycles. The summed E-state index contributed by atoms with van der Waals surface area (Å²) in [6, 6.07) is 0. The maximum atomic E-state index is 11.4. The average Bonchev–Trinajstić information content (AvgIpc) is 2.51. The molecule has 2 rings (SSSR count). The molecule has 2 nitrogen and oxygen atoms in total. The minimum Gasteiger partial charge on any atom is -0.400 e. The number of nitrogens with two attached hydrogens (primary N) is 1. The fraction of sp³-hybridized carbons (Fsp3) is 0.625. The monoisotopic (exact) mass is 215 g/mol. The zero-order valence-corrected chi connectivity index (χ0v) is 7.78. The van der Waals surface area contributed by atoms with Gasteiger partial charge in [-0.05, 0) is 28.8 Å². The maximum absolute atomic E-state index is 11.4. The number of rotatable bonds is 0. The Bertz CT molecular complexity index is 251. The van der Waals surface area contributed by atoms with E-state index in [2.05, 4.69) is 15.9 Å². The fourth-order valence-electron chi connectivity index (χ4n) is 2.08. The number of ketones is 1. The van der Waals surface area contributed by atoms with Crippen LogP contribution in [0.3, 0.4) is 0 Å². The van der Waals surface area contributed by atoms with Gasteiger partial charge < -0.3 is 5.73 Å². The number of allylic oxidation sites excluding steroid dienone is 2. The molecule has 60 valence electrons. The Balaban J connectivity index is 2.38. The van der Waals surface area contributed by atoms with Crippen molar-refractivity contribution in [1.82, 2.24) is 0 Å². The van der Waals surface area contributed by atoms with E-state index in [1.165, 1.54) is 0 Å². The van der Waals surface area contributed by atoms with E-state index in [-0.39, 0.29) is 11.2 Å². The number of carbonyl (C=O) groups excluding carboxylic acids is 1. The van der Waals surface area contributed by atoms with Gasteiger partial charge in [0.15, 0.2) is 5.78 Å². The summed E-state index contributed by atoms with van der Waals surface area (Å²) in [7, 11) is 0. The highest BCUT2D eigenvalue weighted by Crippen LogP contribution is 2.53. The van der Waals surface area contributed by atoms with Crippen molar-refractivity contribution in [2.75, 3.05) is 0 Å². The summed E-state index contributed by atoms with van der Waals surface area (Å²) in [6.07, 6.45) is 4.22. The summed E-state index contributed by atoms with van der Waals surface area (Å²) in [5, 5.41) is 0. The summed E-state index contributed by atoms with van der Waals surface area (Å²) in [4.78, 5) is 11.4. The second-order valence-corrected chi connectivity index (χ2v) is 4.14. The van der Waals surface area contributed by atoms with E-state index in [4.69, 9.17) is 5.73 Å². The van der Waals surface area contributed by atoms with E-state index in [0.29, 0.717) is 4.48 Å². The number of carbonyl (C=O) groups is 1. The largest absolute Gasteiger partial charge is 0.400 e. The highest BCUT2D eigenvalue weighted by atomic mass is 79.9. The van der Waals surface area contributed by atoms with Gasteiger partial charge in [0, 0.05) is 5.70 Å². The third-order valence-electron chi connectivity index (χ3n) is 2.84. The standard InChI is InChI=1S/C8H10BrNO/c9-5-6(10)8(7(5)11)3-1-2-4-8/h1-4,10H2. The normalized spacial score (nSPS) is 27.9. The number of hydrogen-bond acceptors (Lipinski definition) is 2. The Labute approximate surface area is 74.0 Å². The van der Waals surface area contributed by atoms with Crippen molar-refractivity contribution < 1.29 is 4.79 Å². The third-order valence-corrected chi connectivity index (χ3v) is 3.63. The third kappa shape index (κ3) is 0.696. The highest BCUT2D eigenvalue weighted by Gasteiger charge is 2.52. The molecule has 2 aliphatic carbocycles. The van der Waals surface area contributed by atoms with Gasteiger partial charge in [0.25, 0.3) is 0 Å². The predicted octanol–water partition coefficient (Wildman–Crippen LogP) is 1.69. The van der Waals surface area contributed by atoms with E-state index in [1.54, 1.807) is 0 Å². The van der Waals surface area contributed by atoms with E-state index < -0.39 is 0 Å². The first kappa shape index (κ1) is 7.35. The van der Waals surface area contributed by atoms with Crippen molar-refractivity contribution in [2.45, 2.75) is 25.7 Å². The molecule has 0 aromatic carbocycles. The Kier molecular flexibility index (Phi) is 1.40. The van der Waals surface area contributed by atoms with Crippen molar-refractivity contribution in [3.05, 3.63) is 10.2 Å². The Morgan fingerprint density at radius 3 is 2.36 bits per heavy atom. The Morgan fingerprint density at radius 1 is 1.36 bits per heavy atom. The van der Waals surface area contributed by atoms with Gasteiger partial charge in [-0.3, -0.25) is 4.79 Å². The molecule has 0 aromatic rings. The van der Waals surface area contributed by atoms with Crippen LogP contribution in [0, 0.1) is 5.41 Å². The first-order valence-corrected chi connectivity index (χ1v) is 4.68. The maximum Gasteiger partial charge on any atom is 0.183 e. The van der Waals surface area contributed by atoms with Gasteiger partial charge >= 0.3 is 0 Å². The molecular formula is C8H10BrNO. The van der Waals surface area contributed by atoms with Crippen LogP contribution in [0.4, 0.5) is 0 Å². The second kappa shape index (κ2) is 2.09. The summed E-state index contributed by atoms with van der Waals surface area (Å²) >= 11 is 3.18. The van der Waals surface area contributed by atoms with Crippen LogP contribution < -0.4 is 5.73 Å². The van der Waals surface area contributed by atoms with E-state index >= 15 is 0 Å². The Hall–Kier alpha value is -0.310. The number of hydrogen-bond donors (Lipinski definition) is 1. The van der Waals surface area contributed by atoms with Crippen molar-refractivity contribution in [1.29, 1.82) is 0 Å². The molecule has 3 heteroatoms. The predicted molar refractivity (Wildman–Crippen MR) is 46.0 cm³/mol. The highest BCUT2D eigenvalue weighted by molar-refractivity contribution is 9.12. The lowest BCUT2D eigenvalue weighted by atomic mass is 9.70. The van der Waals surface area contributed by atoms with Crippen LogP contribution in [0.25, 0.3) is 0 Å². The molecule has 0 heterocycles. The van der Waals surface area contributed by atoms with Crippen LogP contribution in [-0.4, -0.2) is 5.78 Å². The summed E-state index contributed by atoms with van der Waals surface area (Å²) in [5.41, 5.74) is 6.33. The van der Waals surface area contributed by atoms with Crippen molar-refractivity contribution in [3.63, 3.8) is 0 Å². The minimum atomic E-state index is -0.223. The molecule has 1 saturated carbocycles. The first-order chi connectivity index (χ1) is 5.18. The molecular weight excluding hydrogens is 206 g/mol. The number of Topliss-reactive ketones (excluding diaryl/α,β-unsaturated/α-hetero) is 1. The zero-order chi connectivity index (χ0) is 8.06. The molecule has 0 bridgehead atoms. The van der Waals surface area contributed by atoms with Crippen LogP contribution >= 0.6 is 15.9 Å². The quantitative estimate of drug-likeness (QED) is 0.669. The number of halogens is 1. The van der Waals surface area contributed by atoms with E-state index in [1.807, 2.05) is 0 Å². The minimum absolute atomic E-state index is 0.223. The van der Waals surface area contributed by atoms with Crippen LogP contribution in [0.5, 0.6) is 0 Å². The molecule has 0 atom stereocenters. The first-order valence-electron chi connectivity index (χ1n) is 3.89. The van der Waals surface area contributed by atoms with Crippen LogP contribution in [0.1, 0.15) is 25.7 Å². The molecule has 11 heavy (non-hydrogen) atoms. The molecule has 2 aliphatic rings. The van der Waals surface area contributed by atoms with Crippen LogP contribution in [-0.2, 0) is 4.79 Å². The van der Waals surface area contributed by atoms with Crippen LogP contribution in [0.15, 0.2) is 10.2 Å². The van der Waals surface area contributed by atoms with Gasteiger partial charge in [-0.2, -0.15) is 0 Å². The van der Waals surface area contributed by atoms with Gasteiger partial charge in [-0.15, -0.1) is 0 Å². The molecule has 2 N–H and O–H groups in total. The van der Waals surface area contributed by atoms with E-state index in [9.17, 15) is 4.79 Å². The SMILES string of the molecule is NC1=C(Br)C(=O)C12CCCC2. The molecule has 1 fully saturated rings. The molecule has 0 aliphatic heterocycles. The summed E-state index contributed by atoms with van der Waals surface area (Å²) in [5.74, 6) is 0.229. The topological polar surface area (TPSA) is 43.1 Å². The van der Waals surface area contributed by atoms with E-state index in [0.717, 1.165) is 31.4 Å². The van der Waals surface area contributed by atoms with Crippen molar-refractivity contribution in [2.24, 2.45) is 11.1 Å². The summed E-state index contributed by atoms with van der Waals surface area (Å²) < 4.78 is 0.624. The molecule has 0 unspecified atom stereocenters. The lowest BCUT2D eigenvalue weighted by Gasteiger charge is -2.36. The van der Waals surface area contributed by atoms with Crippen molar-refractivity contribution in [3.8, 4) is 0 Å². The van der Waals surface area contributed by atoms with Crippen molar-refractivity contribution >= 4 is 21.7 Å². The lowest BCUT2D eigenvalue weighted by Crippen LogP contribution is -2.44. The smallest absolute Gasteiger partial charge is 0.183 e. The molecule has 0 aromatic heterocycles. The zero-order valence-electron chi connectivity index (χ0n) is 6.19. The van der Waals surface area contributed by atoms with Gasteiger partial charge in [-0.25, -0.2) is 0 Å². The van der Waals surface area contributed by atoms with Crippen LogP contribution in [0.2, 0.25) is 0 Å². The molecule has 0 amide bonds. The average molecular weight is 216 g/mol. The lowest BCUT2D eigenvalue weighted by molar-refractivity contribution is -0.124. The fourth-order valence-corrected chi connectivity index (χ4v) is 2.84. The molecule has 1 spiro atoms. The van der Waals surface area contributed by atoms with Gasteiger partial charge in [0.05, 0.1) is 9.90 Å². The van der Waals surface area contributed by atoms with Gasteiger partial charge in [0.2, 0.25) is 0 Å². The summed E-state index contributed by atoms with van der Waals surface area (Å²) in [6.45, 7) is 0. The second-order valence-electron chi connectivity index (χ2n) is 3.35. The van der Waals surface area contributed by atoms with Gasteiger partial charge in [0.1, 0.15) is 0 Å².